The molecule has 22 heavy (non-hydrogen) atoms. The van der Waals surface area contributed by atoms with E-state index < -0.39 is 0 Å². The first-order valence-corrected chi connectivity index (χ1v) is 8.42. The number of benzene rings is 2. The van der Waals surface area contributed by atoms with E-state index in [0.29, 0.717) is 10.8 Å². The van der Waals surface area contributed by atoms with Crippen molar-refractivity contribution in [3.05, 3.63) is 56.1 Å². The molecule has 0 aliphatic rings. The van der Waals surface area contributed by atoms with Crippen molar-refractivity contribution in [2.24, 2.45) is 0 Å². The lowest BCUT2D eigenvalue weighted by Gasteiger charge is -2.12. The van der Waals surface area contributed by atoms with Gasteiger partial charge in [0.25, 0.3) is 5.91 Å². The normalized spacial score (nSPS) is 10.4. The van der Waals surface area contributed by atoms with Crippen molar-refractivity contribution in [2.45, 2.75) is 20.3 Å². The van der Waals surface area contributed by atoms with E-state index in [1.54, 1.807) is 12.1 Å². The Bertz CT molecular complexity index is 688. The van der Waals surface area contributed by atoms with E-state index >= 15 is 0 Å². The van der Waals surface area contributed by atoms with Crippen LogP contribution in [-0.2, 0) is 11.2 Å². The summed E-state index contributed by atoms with van der Waals surface area (Å²) in [6.07, 6.45) is 0.865. The minimum atomic E-state index is -0.176. The predicted octanol–water partition coefficient (Wildman–Crippen LogP) is 4.83. The Labute approximate surface area is 149 Å². The molecule has 0 saturated carbocycles. The summed E-state index contributed by atoms with van der Waals surface area (Å²) < 4.78 is 6.70. The molecule has 2 aromatic rings. The summed E-state index contributed by atoms with van der Waals surface area (Å²) in [6.45, 7) is 3.93. The average molecular weight is 430 g/mol. The SMILES string of the molecule is CCc1cc(I)ccc1NC(=O)COc1ccc(Cl)cc1C. The molecule has 0 bridgehead atoms. The number of carbonyl (C=O) groups is 1. The zero-order valence-corrected chi connectivity index (χ0v) is 15.4. The fraction of sp³-hybridized carbons (Fsp3) is 0.235. The maximum atomic E-state index is 12.1. The molecule has 0 saturated heterocycles. The molecule has 3 nitrogen and oxygen atoms in total. The van der Waals surface area contributed by atoms with Crippen molar-refractivity contribution in [1.29, 1.82) is 0 Å². The van der Waals surface area contributed by atoms with Crippen molar-refractivity contribution in [3.8, 4) is 5.75 Å². The Balaban J connectivity index is 1.98. The first-order valence-electron chi connectivity index (χ1n) is 6.97. The summed E-state index contributed by atoms with van der Waals surface area (Å²) in [7, 11) is 0. The van der Waals surface area contributed by atoms with E-state index in [-0.39, 0.29) is 12.5 Å². The highest BCUT2D eigenvalue weighted by molar-refractivity contribution is 14.1. The molecule has 0 aliphatic carbocycles. The zero-order valence-electron chi connectivity index (χ0n) is 12.5. The Hall–Kier alpha value is -1.27. The molecule has 1 amide bonds. The average Bonchev–Trinajstić information content (AvgIpc) is 2.48. The minimum Gasteiger partial charge on any atom is -0.483 e. The quantitative estimate of drug-likeness (QED) is 0.691. The molecule has 0 spiro atoms. The van der Waals surface area contributed by atoms with Gasteiger partial charge in [0.15, 0.2) is 6.61 Å². The third-order valence-corrected chi connectivity index (χ3v) is 4.12. The number of hydrogen-bond acceptors (Lipinski definition) is 2. The van der Waals surface area contributed by atoms with Crippen molar-refractivity contribution < 1.29 is 9.53 Å². The molecular weight excluding hydrogens is 413 g/mol. The largest absolute Gasteiger partial charge is 0.483 e. The topological polar surface area (TPSA) is 38.3 Å². The summed E-state index contributed by atoms with van der Waals surface area (Å²) in [5.74, 6) is 0.489. The van der Waals surface area contributed by atoms with Gasteiger partial charge < -0.3 is 10.1 Å². The van der Waals surface area contributed by atoms with Crippen molar-refractivity contribution in [1.82, 2.24) is 0 Å². The van der Waals surface area contributed by atoms with Crippen LogP contribution in [0.5, 0.6) is 5.75 Å². The van der Waals surface area contributed by atoms with Crippen LogP contribution in [0.15, 0.2) is 36.4 Å². The van der Waals surface area contributed by atoms with Crippen LogP contribution >= 0.6 is 34.2 Å². The number of rotatable bonds is 5. The van der Waals surface area contributed by atoms with E-state index in [2.05, 4.69) is 40.9 Å². The summed E-state index contributed by atoms with van der Waals surface area (Å²) in [5, 5.41) is 3.55. The summed E-state index contributed by atoms with van der Waals surface area (Å²) in [4.78, 5) is 12.1. The van der Waals surface area contributed by atoms with Gasteiger partial charge in [-0.1, -0.05) is 18.5 Å². The highest BCUT2D eigenvalue weighted by Crippen LogP contribution is 2.22. The van der Waals surface area contributed by atoms with Gasteiger partial charge in [-0.25, -0.2) is 0 Å². The van der Waals surface area contributed by atoms with E-state index in [9.17, 15) is 4.79 Å². The van der Waals surface area contributed by atoms with Crippen molar-refractivity contribution in [3.63, 3.8) is 0 Å². The Morgan fingerprint density at radius 2 is 2.05 bits per heavy atom. The van der Waals surface area contributed by atoms with Gasteiger partial charge in [0.05, 0.1) is 0 Å². The molecule has 0 fully saturated rings. The summed E-state index contributed by atoms with van der Waals surface area (Å²) in [5.41, 5.74) is 2.86. The lowest BCUT2D eigenvalue weighted by Crippen LogP contribution is -2.21. The van der Waals surface area contributed by atoms with Gasteiger partial charge in [0.1, 0.15) is 5.75 Å². The second-order valence-electron chi connectivity index (χ2n) is 4.90. The molecule has 116 valence electrons. The first-order chi connectivity index (χ1) is 10.5. The number of carbonyl (C=O) groups excluding carboxylic acids is 1. The van der Waals surface area contributed by atoms with Gasteiger partial charge in [0, 0.05) is 14.3 Å². The van der Waals surface area contributed by atoms with E-state index in [1.807, 2.05) is 25.1 Å². The van der Waals surface area contributed by atoms with Gasteiger partial charge in [0.2, 0.25) is 0 Å². The van der Waals surface area contributed by atoms with Crippen LogP contribution in [0.25, 0.3) is 0 Å². The molecule has 5 heteroatoms. The molecule has 2 aromatic carbocycles. The lowest BCUT2D eigenvalue weighted by molar-refractivity contribution is -0.118. The number of ether oxygens (including phenoxy) is 1. The number of halogens is 2. The number of aryl methyl sites for hydroxylation is 2. The van der Waals surface area contributed by atoms with E-state index in [0.717, 1.165) is 26.8 Å². The van der Waals surface area contributed by atoms with Crippen molar-refractivity contribution >= 4 is 45.8 Å². The molecule has 2 rings (SSSR count). The maximum absolute atomic E-state index is 12.1. The molecule has 1 N–H and O–H groups in total. The van der Waals surface area contributed by atoms with Crippen LogP contribution in [0.3, 0.4) is 0 Å². The van der Waals surface area contributed by atoms with Crippen molar-refractivity contribution in [2.75, 3.05) is 11.9 Å². The van der Waals surface area contributed by atoms with Gasteiger partial charge in [-0.3, -0.25) is 4.79 Å². The van der Waals surface area contributed by atoms with Crippen LogP contribution in [0.1, 0.15) is 18.1 Å². The number of anilines is 1. The van der Waals surface area contributed by atoms with Gasteiger partial charge in [-0.15, -0.1) is 0 Å². The molecule has 0 heterocycles. The molecule has 0 aromatic heterocycles. The Morgan fingerprint density at radius 3 is 2.73 bits per heavy atom. The lowest BCUT2D eigenvalue weighted by atomic mass is 10.1. The fourth-order valence-electron chi connectivity index (χ4n) is 2.08. The summed E-state index contributed by atoms with van der Waals surface area (Å²) in [6, 6.07) is 11.3. The van der Waals surface area contributed by atoms with Gasteiger partial charge in [-0.05, 0) is 83.5 Å². The third kappa shape index (κ3) is 4.61. The molecular formula is C17H17ClINO2. The van der Waals surface area contributed by atoms with Crippen LogP contribution in [0.2, 0.25) is 5.02 Å². The second kappa shape index (κ2) is 7.83. The van der Waals surface area contributed by atoms with Gasteiger partial charge >= 0.3 is 0 Å². The highest BCUT2D eigenvalue weighted by atomic mass is 127. The minimum absolute atomic E-state index is 0.0301. The Kier molecular flexibility index (Phi) is 6.08. The first kappa shape index (κ1) is 17.1. The number of nitrogens with one attached hydrogen (secondary N) is 1. The van der Waals surface area contributed by atoms with Crippen LogP contribution in [-0.4, -0.2) is 12.5 Å². The molecule has 0 aliphatic heterocycles. The Morgan fingerprint density at radius 1 is 1.27 bits per heavy atom. The smallest absolute Gasteiger partial charge is 0.262 e. The van der Waals surface area contributed by atoms with Crippen LogP contribution in [0.4, 0.5) is 5.69 Å². The number of hydrogen-bond donors (Lipinski definition) is 1. The molecule has 0 radical (unpaired) electrons. The molecule has 0 unspecified atom stereocenters. The standard InChI is InChI=1S/C17H17ClINO2/c1-3-12-9-14(19)5-6-15(12)20-17(21)10-22-16-7-4-13(18)8-11(16)2/h4-9H,3,10H2,1-2H3,(H,20,21). The monoisotopic (exact) mass is 429 g/mol. The summed E-state index contributed by atoms with van der Waals surface area (Å²) >= 11 is 8.16. The van der Waals surface area contributed by atoms with E-state index in [1.165, 1.54) is 0 Å². The zero-order chi connectivity index (χ0) is 16.1. The van der Waals surface area contributed by atoms with Crippen LogP contribution in [0, 0.1) is 10.5 Å². The number of amides is 1. The predicted molar refractivity (Wildman–Crippen MR) is 98.9 cm³/mol. The third-order valence-electron chi connectivity index (χ3n) is 3.22. The molecule has 0 atom stereocenters. The fourth-order valence-corrected chi connectivity index (χ4v) is 2.86. The van der Waals surface area contributed by atoms with Crippen LogP contribution < -0.4 is 10.1 Å². The highest BCUT2D eigenvalue weighted by Gasteiger charge is 2.08. The van der Waals surface area contributed by atoms with Gasteiger partial charge in [-0.2, -0.15) is 0 Å². The second-order valence-corrected chi connectivity index (χ2v) is 6.58. The van der Waals surface area contributed by atoms with E-state index in [4.69, 9.17) is 16.3 Å². The maximum Gasteiger partial charge on any atom is 0.262 e.